The predicted molar refractivity (Wildman–Crippen MR) is 113 cm³/mol. The van der Waals surface area contributed by atoms with Crippen LogP contribution in [0.1, 0.15) is 33.9 Å². The second-order valence-corrected chi connectivity index (χ2v) is 7.71. The van der Waals surface area contributed by atoms with E-state index in [2.05, 4.69) is 21.7 Å². The van der Waals surface area contributed by atoms with Crippen molar-refractivity contribution in [3.63, 3.8) is 0 Å². The van der Waals surface area contributed by atoms with Crippen molar-refractivity contribution < 1.29 is 4.79 Å². The Morgan fingerprint density at radius 2 is 2.00 bits per heavy atom. The van der Waals surface area contributed by atoms with E-state index in [1.54, 1.807) is 11.3 Å². The van der Waals surface area contributed by atoms with Crippen LogP contribution in [-0.2, 0) is 6.42 Å². The highest BCUT2D eigenvalue weighted by Crippen LogP contribution is 2.27. The van der Waals surface area contributed by atoms with Gasteiger partial charge in [-0.1, -0.05) is 29.8 Å². The molecule has 2 N–H and O–H groups in total. The van der Waals surface area contributed by atoms with Crippen molar-refractivity contribution in [2.24, 2.45) is 0 Å². The van der Waals surface area contributed by atoms with Gasteiger partial charge in [-0.05, 0) is 71.1 Å². The largest absolute Gasteiger partial charge is 0.361 e. The fourth-order valence-electron chi connectivity index (χ4n) is 3.28. The first kappa shape index (κ1) is 17.8. The molecule has 0 saturated heterocycles. The van der Waals surface area contributed by atoms with E-state index in [4.69, 9.17) is 11.6 Å². The van der Waals surface area contributed by atoms with E-state index in [1.165, 1.54) is 5.56 Å². The zero-order valence-corrected chi connectivity index (χ0v) is 16.2. The average molecular weight is 395 g/mol. The summed E-state index contributed by atoms with van der Waals surface area (Å²) in [5.74, 6) is -0.0474. The molecule has 0 fully saturated rings. The van der Waals surface area contributed by atoms with Gasteiger partial charge in [0.25, 0.3) is 5.91 Å². The Bertz CT molecular complexity index is 1040. The van der Waals surface area contributed by atoms with Gasteiger partial charge in [0.15, 0.2) is 0 Å². The molecule has 3 nitrogen and oxygen atoms in total. The SMILES string of the molecule is O=C(NC(CCc1c[nH]c2ccc(Cl)cc12)c1ccsc1)c1ccccc1. The number of fused-ring (bicyclic) bond motifs is 1. The van der Waals surface area contributed by atoms with Gasteiger partial charge in [-0.2, -0.15) is 11.3 Å². The normalized spacial score (nSPS) is 12.2. The fraction of sp³-hybridized carbons (Fsp3) is 0.136. The van der Waals surface area contributed by atoms with Crippen molar-refractivity contribution in [1.82, 2.24) is 10.3 Å². The minimum atomic E-state index is -0.0474. The van der Waals surface area contributed by atoms with Crippen LogP contribution in [0, 0.1) is 0 Å². The van der Waals surface area contributed by atoms with Gasteiger partial charge in [0.05, 0.1) is 6.04 Å². The molecule has 4 rings (SSSR count). The number of hydrogen-bond acceptors (Lipinski definition) is 2. The number of aromatic amines is 1. The molecule has 2 aromatic carbocycles. The van der Waals surface area contributed by atoms with Crippen molar-refractivity contribution in [1.29, 1.82) is 0 Å². The third-order valence-corrected chi connectivity index (χ3v) is 5.66. The van der Waals surface area contributed by atoms with E-state index >= 15 is 0 Å². The number of halogens is 1. The number of amides is 1. The van der Waals surface area contributed by atoms with Crippen LogP contribution in [0.15, 0.2) is 71.6 Å². The Labute approximate surface area is 167 Å². The van der Waals surface area contributed by atoms with Gasteiger partial charge in [-0.15, -0.1) is 0 Å². The van der Waals surface area contributed by atoms with Crippen molar-refractivity contribution in [2.75, 3.05) is 0 Å². The van der Waals surface area contributed by atoms with Crippen LogP contribution in [0.25, 0.3) is 10.9 Å². The van der Waals surface area contributed by atoms with Crippen LogP contribution in [0.2, 0.25) is 5.02 Å². The molecule has 1 atom stereocenters. The molecule has 0 aliphatic rings. The van der Waals surface area contributed by atoms with Gasteiger partial charge in [0.1, 0.15) is 0 Å². The first-order valence-electron chi connectivity index (χ1n) is 8.84. The number of thiophene rings is 1. The lowest BCUT2D eigenvalue weighted by molar-refractivity contribution is 0.0934. The van der Waals surface area contributed by atoms with Crippen LogP contribution < -0.4 is 5.32 Å². The Kier molecular flexibility index (Phi) is 5.28. The standard InChI is InChI=1S/C22H19ClN2OS/c23-18-7-9-21-19(12-18)16(13-24-21)6-8-20(17-10-11-27-14-17)25-22(26)15-4-2-1-3-5-15/h1-5,7,9-14,20,24H,6,8H2,(H,25,26). The van der Waals surface area contributed by atoms with Gasteiger partial charge in [-0.3, -0.25) is 4.79 Å². The molecule has 0 saturated carbocycles. The van der Waals surface area contributed by atoms with Crippen molar-refractivity contribution >= 4 is 39.7 Å². The Morgan fingerprint density at radius 1 is 1.15 bits per heavy atom. The summed E-state index contributed by atoms with van der Waals surface area (Å²) in [4.78, 5) is 15.9. The number of H-pyrrole nitrogens is 1. The number of aryl methyl sites for hydroxylation is 1. The van der Waals surface area contributed by atoms with Crippen LogP contribution in [0.5, 0.6) is 0 Å². The van der Waals surface area contributed by atoms with Gasteiger partial charge >= 0.3 is 0 Å². The van der Waals surface area contributed by atoms with E-state index in [0.717, 1.165) is 34.3 Å². The second-order valence-electron chi connectivity index (χ2n) is 6.49. The smallest absolute Gasteiger partial charge is 0.251 e. The molecule has 5 heteroatoms. The van der Waals surface area contributed by atoms with Crippen LogP contribution in [-0.4, -0.2) is 10.9 Å². The topological polar surface area (TPSA) is 44.9 Å². The minimum absolute atomic E-state index is 0.0342. The minimum Gasteiger partial charge on any atom is -0.361 e. The van der Waals surface area contributed by atoms with Gasteiger partial charge in [-0.25, -0.2) is 0 Å². The highest BCUT2D eigenvalue weighted by molar-refractivity contribution is 7.08. The molecule has 0 radical (unpaired) electrons. The summed E-state index contributed by atoms with van der Waals surface area (Å²) >= 11 is 7.80. The molecule has 0 aliphatic heterocycles. The van der Waals surface area contributed by atoms with E-state index < -0.39 is 0 Å². The molecular formula is C22H19ClN2OS. The summed E-state index contributed by atoms with van der Waals surface area (Å²) < 4.78 is 0. The summed E-state index contributed by atoms with van der Waals surface area (Å²) in [7, 11) is 0. The maximum Gasteiger partial charge on any atom is 0.251 e. The second kappa shape index (κ2) is 7.99. The third-order valence-electron chi connectivity index (χ3n) is 4.72. The number of benzene rings is 2. The molecule has 1 unspecified atom stereocenters. The number of carbonyl (C=O) groups is 1. The molecule has 27 heavy (non-hydrogen) atoms. The zero-order chi connectivity index (χ0) is 18.6. The molecule has 136 valence electrons. The Balaban J connectivity index is 1.53. The lowest BCUT2D eigenvalue weighted by Crippen LogP contribution is -2.28. The summed E-state index contributed by atoms with van der Waals surface area (Å²) in [6, 6.07) is 17.3. The number of rotatable bonds is 6. The van der Waals surface area contributed by atoms with Crippen LogP contribution in [0.4, 0.5) is 0 Å². The summed E-state index contributed by atoms with van der Waals surface area (Å²) in [5.41, 5.74) is 4.11. The van der Waals surface area contributed by atoms with E-state index in [-0.39, 0.29) is 11.9 Å². The van der Waals surface area contributed by atoms with Crippen molar-refractivity contribution in [2.45, 2.75) is 18.9 Å². The first-order chi connectivity index (χ1) is 13.2. The molecule has 0 spiro atoms. The van der Waals surface area contributed by atoms with E-state index in [9.17, 15) is 4.79 Å². The average Bonchev–Trinajstić information content (AvgIpc) is 3.36. The molecule has 0 aliphatic carbocycles. The third kappa shape index (κ3) is 4.07. The quantitative estimate of drug-likeness (QED) is 0.414. The summed E-state index contributed by atoms with van der Waals surface area (Å²) in [6.45, 7) is 0. The zero-order valence-electron chi connectivity index (χ0n) is 14.6. The van der Waals surface area contributed by atoms with Gasteiger partial charge < -0.3 is 10.3 Å². The number of aromatic nitrogens is 1. The maximum atomic E-state index is 12.6. The van der Waals surface area contributed by atoms with E-state index in [0.29, 0.717) is 5.56 Å². The number of carbonyl (C=O) groups excluding carboxylic acids is 1. The summed E-state index contributed by atoms with van der Waals surface area (Å²) in [5, 5.41) is 9.20. The molecular weight excluding hydrogens is 376 g/mol. The highest BCUT2D eigenvalue weighted by Gasteiger charge is 2.17. The molecule has 4 aromatic rings. The highest BCUT2D eigenvalue weighted by atomic mass is 35.5. The summed E-state index contributed by atoms with van der Waals surface area (Å²) in [6.07, 6.45) is 3.69. The first-order valence-corrected chi connectivity index (χ1v) is 10.2. The maximum absolute atomic E-state index is 12.6. The van der Waals surface area contributed by atoms with Crippen LogP contribution >= 0.6 is 22.9 Å². The molecule has 0 bridgehead atoms. The molecule has 2 heterocycles. The molecule has 2 aromatic heterocycles. The number of nitrogens with one attached hydrogen (secondary N) is 2. The van der Waals surface area contributed by atoms with Crippen molar-refractivity contribution in [3.8, 4) is 0 Å². The Hall–Kier alpha value is -2.56. The van der Waals surface area contributed by atoms with Crippen molar-refractivity contribution in [3.05, 3.63) is 93.3 Å². The fourth-order valence-corrected chi connectivity index (χ4v) is 4.17. The van der Waals surface area contributed by atoms with Crippen LogP contribution in [0.3, 0.4) is 0 Å². The molecule has 1 amide bonds. The monoisotopic (exact) mass is 394 g/mol. The lowest BCUT2D eigenvalue weighted by Gasteiger charge is -2.18. The van der Waals surface area contributed by atoms with Gasteiger partial charge in [0, 0.05) is 27.7 Å². The lowest BCUT2D eigenvalue weighted by atomic mass is 10.00. The van der Waals surface area contributed by atoms with Gasteiger partial charge in [0.2, 0.25) is 0 Å². The Morgan fingerprint density at radius 3 is 2.78 bits per heavy atom. The predicted octanol–water partition coefficient (Wildman–Crippen LogP) is 5.99. The number of hydrogen-bond donors (Lipinski definition) is 2. The van der Waals surface area contributed by atoms with E-state index in [1.807, 2.05) is 60.1 Å².